The van der Waals surface area contributed by atoms with Gasteiger partial charge >= 0.3 is 0 Å². The number of rotatable bonds is 3. The van der Waals surface area contributed by atoms with Crippen molar-refractivity contribution in [2.24, 2.45) is 11.1 Å². The molecule has 0 saturated heterocycles. The molecule has 0 radical (unpaired) electrons. The van der Waals surface area contributed by atoms with Crippen molar-refractivity contribution in [3.63, 3.8) is 0 Å². The summed E-state index contributed by atoms with van der Waals surface area (Å²) in [5, 5.41) is 11.2. The van der Waals surface area contributed by atoms with Gasteiger partial charge in [0.05, 0.1) is 6.61 Å². The summed E-state index contributed by atoms with van der Waals surface area (Å²) in [5.41, 5.74) is 6.08. The molecule has 3 N–H and O–H groups in total. The average Bonchev–Trinajstić information content (AvgIpc) is 2.82. The van der Waals surface area contributed by atoms with Crippen molar-refractivity contribution in [2.45, 2.75) is 18.9 Å². The number of thiophene rings is 1. The zero-order chi connectivity index (χ0) is 9.47. The van der Waals surface area contributed by atoms with Crippen LogP contribution in [-0.4, -0.2) is 11.7 Å². The molecule has 1 aliphatic carbocycles. The van der Waals surface area contributed by atoms with Crippen molar-refractivity contribution in [3.05, 3.63) is 20.8 Å². The minimum absolute atomic E-state index is 0.00815. The summed E-state index contributed by atoms with van der Waals surface area (Å²) in [6.45, 7) is 0.212. The first-order chi connectivity index (χ1) is 6.18. The molecule has 4 heteroatoms. The van der Waals surface area contributed by atoms with Crippen LogP contribution in [0.25, 0.3) is 0 Å². The first-order valence-corrected chi connectivity index (χ1v) is 5.96. The maximum Gasteiger partial charge on any atom is 0.0505 e. The van der Waals surface area contributed by atoms with Gasteiger partial charge in [-0.05, 0) is 34.8 Å². The second-order valence-corrected chi connectivity index (χ2v) is 5.52. The maximum atomic E-state index is 9.21. The Morgan fingerprint density at radius 1 is 1.69 bits per heavy atom. The lowest BCUT2D eigenvalue weighted by molar-refractivity contribution is 0.189. The molecule has 0 spiro atoms. The van der Waals surface area contributed by atoms with E-state index in [1.54, 1.807) is 11.3 Å². The Hall–Kier alpha value is 0.1000. The highest BCUT2D eigenvalue weighted by Crippen LogP contribution is 2.54. The number of hydrogen-bond donors (Lipinski definition) is 2. The van der Waals surface area contributed by atoms with Gasteiger partial charge in [0.15, 0.2) is 0 Å². The van der Waals surface area contributed by atoms with Crippen LogP contribution in [0.15, 0.2) is 15.9 Å². The number of nitrogens with two attached hydrogens (primary N) is 1. The van der Waals surface area contributed by atoms with E-state index in [9.17, 15) is 5.11 Å². The zero-order valence-corrected chi connectivity index (χ0v) is 9.57. The van der Waals surface area contributed by atoms with E-state index in [-0.39, 0.29) is 18.1 Å². The smallest absolute Gasteiger partial charge is 0.0505 e. The van der Waals surface area contributed by atoms with Gasteiger partial charge in [0, 0.05) is 26.2 Å². The summed E-state index contributed by atoms with van der Waals surface area (Å²) in [6, 6.07) is 2.05. The van der Waals surface area contributed by atoms with Crippen LogP contribution in [0.2, 0.25) is 0 Å². The number of aliphatic hydroxyl groups excluding tert-OH is 1. The molecule has 0 bridgehead atoms. The standard InChI is InChI=1S/C9H12BrNOS/c10-6-3-7(13-4-6)8(11)9(5-12)1-2-9/h3-4,8,12H,1-2,5,11H2. The van der Waals surface area contributed by atoms with Crippen LogP contribution < -0.4 is 5.73 Å². The second-order valence-electron chi connectivity index (χ2n) is 3.67. The van der Waals surface area contributed by atoms with Crippen molar-refractivity contribution in [3.8, 4) is 0 Å². The van der Waals surface area contributed by atoms with Gasteiger partial charge in [-0.1, -0.05) is 0 Å². The summed E-state index contributed by atoms with van der Waals surface area (Å²) in [6.07, 6.45) is 2.11. The fraction of sp³-hybridized carbons (Fsp3) is 0.556. The van der Waals surface area contributed by atoms with Crippen LogP contribution in [-0.2, 0) is 0 Å². The second kappa shape index (κ2) is 3.35. The Bertz CT molecular complexity index is 308. The van der Waals surface area contributed by atoms with Crippen LogP contribution in [0.5, 0.6) is 0 Å². The Kier molecular flexibility index (Phi) is 2.49. The molecule has 1 heterocycles. The number of hydrogen-bond acceptors (Lipinski definition) is 3. The Labute approximate surface area is 89.9 Å². The van der Waals surface area contributed by atoms with Crippen molar-refractivity contribution in [1.29, 1.82) is 0 Å². The highest BCUT2D eigenvalue weighted by atomic mass is 79.9. The van der Waals surface area contributed by atoms with Gasteiger partial charge in [-0.2, -0.15) is 0 Å². The Balaban J connectivity index is 2.17. The van der Waals surface area contributed by atoms with E-state index in [2.05, 4.69) is 15.9 Å². The van der Waals surface area contributed by atoms with Crippen molar-refractivity contribution >= 4 is 27.3 Å². The van der Waals surface area contributed by atoms with E-state index in [1.165, 1.54) is 4.88 Å². The van der Waals surface area contributed by atoms with Crippen molar-refractivity contribution in [2.75, 3.05) is 6.61 Å². The molecule has 1 atom stereocenters. The van der Waals surface area contributed by atoms with Crippen LogP contribution in [0.1, 0.15) is 23.8 Å². The lowest BCUT2D eigenvalue weighted by Gasteiger charge is -2.19. The van der Waals surface area contributed by atoms with E-state index < -0.39 is 0 Å². The van der Waals surface area contributed by atoms with Crippen LogP contribution in [0.3, 0.4) is 0 Å². The van der Waals surface area contributed by atoms with Gasteiger partial charge in [-0.3, -0.25) is 0 Å². The Morgan fingerprint density at radius 2 is 2.38 bits per heavy atom. The van der Waals surface area contributed by atoms with E-state index in [4.69, 9.17) is 5.73 Å². The van der Waals surface area contributed by atoms with Crippen molar-refractivity contribution in [1.82, 2.24) is 0 Å². The predicted octanol–water partition coefficient (Wildman–Crippen LogP) is 2.28. The summed E-state index contributed by atoms with van der Waals surface area (Å²) >= 11 is 5.06. The third-order valence-corrected chi connectivity index (χ3v) is 4.54. The summed E-state index contributed by atoms with van der Waals surface area (Å²) in [4.78, 5) is 1.17. The monoisotopic (exact) mass is 261 g/mol. The first-order valence-electron chi connectivity index (χ1n) is 4.28. The van der Waals surface area contributed by atoms with E-state index >= 15 is 0 Å². The van der Waals surface area contributed by atoms with E-state index in [0.29, 0.717) is 0 Å². The molecular formula is C9H12BrNOS. The minimum atomic E-state index is -0.00963. The molecule has 0 aliphatic heterocycles. The minimum Gasteiger partial charge on any atom is -0.396 e. The third kappa shape index (κ3) is 1.68. The average molecular weight is 262 g/mol. The molecule has 1 aliphatic rings. The summed E-state index contributed by atoms with van der Waals surface area (Å²) in [7, 11) is 0. The topological polar surface area (TPSA) is 46.2 Å². The highest BCUT2D eigenvalue weighted by molar-refractivity contribution is 9.10. The molecule has 1 aromatic rings. The molecule has 1 fully saturated rings. The van der Waals surface area contributed by atoms with Gasteiger partial charge in [-0.15, -0.1) is 11.3 Å². The van der Waals surface area contributed by atoms with Crippen LogP contribution in [0.4, 0.5) is 0 Å². The third-order valence-electron chi connectivity index (χ3n) is 2.76. The van der Waals surface area contributed by atoms with Gasteiger partial charge in [0.2, 0.25) is 0 Å². The molecule has 0 aromatic carbocycles. The Morgan fingerprint density at radius 3 is 2.77 bits per heavy atom. The fourth-order valence-electron chi connectivity index (χ4n) is 1.52. The highest BCUT2D eigenvalue weighted by Gasteiger charge is 2.48. The molecule has 72 valence electrons. The largest absolute Gasteiger partial charge is 0.396 e. The summed E-state index contributed by atoms with van der Waals surface area (Å²) < 4.78 is 1.08. The molecule has 1 aromatic heterocycles. The SMILES string of the molecule is NC(c1cc(Br)cs1)C1(CO)CC1. The first kappa shape index (κ1) is 9.65. The van der Waals surface area contributed by atoms with E-state index in [1.807, 2.05) is 11.4 Å². The van der Waals surface area contributed by atoms with Gasteiger partial charge in [0.1, 0.15) is 0 Å². The molecule has 13 heavy (non-hydrogen) atoms. The normalized spacial score (nSPS) is 21.5. The molecule has 0 amide bonds. The maximum absolute atomic E-state index is 9.21. The number of halogens is 1. The predicted molar refractivity (Wildman–Crippen MR) is 57.7 cm³/mol. The molecule has 1 saturated carbocycles. The quantitative estimate of drug-likeness (QED) is 0.877. The van der Waals surface area contributed by atoms with Gasteiger partial charge in [-0.25, -0.2) is 0 Å². The zero-order valence-electron chi connectivity index (χ0n) is 7.16. The fourth-order valence-corrected chi connectivity index (χ4v) is 3.11. The summed E-state index contributed by atoms with van der Waals surface area (Å²) in [5.74, 6) is 0. The lowest BCUT2D eigenvalue weighted by atomic mass is 9.97. The van der Waals surface area contributed by atoms with Crippen LogP contribution in [0, 0.1) is 5.41 Å². The van der Waals surface area contributed by atoms with E-state index in [0.717, 1.165) is 17.3 Å². The lowest BCUT2D eigenvalue weighted by Crippen LogP contribution is -2.24. The number of aliphatic hydroxyl groups is 1. The van der Waals surface area contributed by atoms with Crippen molar-refractivity contribution < 1.29 is 5.11 Å². The molecule has 2 rings (SSSR count). The van der Waals surface area contributed by atoms with Crippen LogP contribution >= 0.6 is 27.3 Å². The van der Waals surface area contributed by atoms with Gasteiger partial charge in [0.25, 0.3) is 0 Å². The molecular weight excluding hydrogens is 250 g/mol. The molecule has 1 unspecified atom stereocenters. The van der Waals surface area contributed by atoms with Gasteiger partial charge < -0.3 is 10.8 Å². The molecule has 2 nitrogen and oxygen atoms in total.